The van der Waals surface area contributed by atoms with E-state index >= 15 is 0 Å². The van der Waals surface area contributed by atoms with Gasteiger partial charge in [0.1, 0.15) is 0 Å². The SMILES string of the molecule is Cc1nc(CN2CCN(c3c(C)nn(-c4ccccc4)c3C)CC2)cs1. The van der Waals surface area contributed by atoms with Crippen LogP contribution in [-0.4, -0.2) is 45.8 Å². The van der Waals surface area contributed by atoms with Gasteiger partial charge in [0.05, 0.1) is 33.5 Å². The Balaban J connectivity index is 1.47. The molecule has 0 N–H and O–H groups in total. The summed E-state index contributed by atoms with van der Waals surface area (Å²) in [5, 5.41) is 8.13. The minimum Gasteiger partial charge on any atom is -0.366 e. The van der Waals surface area contributed by atoms with E-state index < -0.39 is 0 Å². The Morgan fingerprint density at radius 2 is 1.73 bits per heavy atom. The summed E-state index contributed by atoms with van der Waals surface area (Å²) in [5.41, 5.74) is 5.94. The Labute approximate surface area is 158 Å². The highest BCUT2D eigenvalue weighted by Gasteiger charge is 2.23. The van der Waals surface area contributed by atoms with Gasteiger partial charge in [0.2, 0.25) is 0 Å². The summed E-state index contributed by atoms with van der Waals surface area (Å²) in [5.74, 6) is 0. The quantitative estimate of drug-likeness (QED) is 0.706. The number of aryl methyl sites for hydroxylation is 2. The Morgan fingerprint density at radius 3 is 2.38 bits per heavy atom. The van der Waals surface area contributed by atoms with Crippen LogP contribution in [-0.2, 0) is 6.54 Å². The molecule has 136 valence electrons. The zero-order chi connectivity index (χ0) is 18.1. The number of para-hydroxylation sites is 1. The molecule has 0 amide bonds. The molecule has 1 aliphatic heterocycles. The van der Waals surface area contributed by atoms with Crippen molar-refractivity contribution in [2.45, 2.75) is 27.3 Å². The lowest BCUT2D eigenvalue weighted by molar-refractivity contribution is 0.247. The molecule has 3 aromatic rings. The first kappa shape index (κ1) is 17.2. The number of thiazole rings is 1. The standard InChI is InChI=1S/C20H25N5S/c1-15-20(16(2)25(22-15)19-7-5-4-6-8-19)24-11-9-23(10-12-24)13-18-14-26-17(3)21-18/h4-8,14H,9-13H2,1-3H3. The van der Waals surface area contributed by atoms with Gasteiger partial charge in [-0.15, -0.1) is 11.3 Å². The van der Waals surface area contributed by atoms with Gasteiger partial charge >= 0.3 is 0 Å². The number of nitrogens with zero attached hydrogens (tertiary/aromatic N) is 5. The lowest BCUT2D eigenvalue weighted by Crippen LogP contribution is -2.46. The molecular weight excluding hydrogens is 342 g/mol. The predicted octanol–water partition coefficient (Wildman–Crippen LogP) is 3.58. The van der Waals surface area contributed by atoms with Gasteiger partial charge in [-0.1, -0.05) is 18.2 Å². The molecule has 1 aromatic carbocycles. The third-order valence-corrected chi connectivity index (χ3v) is 5.82. The van der Waals surface area contributed by atoms with Crippen molar-refractivity contribution < 1.29 is 0 Å². The molecule has 1 fully saturated rings. The molecule has 0 radical (unpaired) electrons. The van der Waals surface area contributed by atoms with Gasteiger partial charge in [-0.25, -0.2) is 9.67 Å². The number of hydrogen-bond acceptors (Lipinski definition) is 5. The van der Waals surface area contributed by atoms with Crippen molar-refractivity contribution in [2.24, 2.45) is 0 Å². The van der Waals surface area contributed by atoms with Gasteiger partial charge in [-0.3, -0.25) is 4.90 Å². The zero-order valence-electron chi connectivity index (χ0n) is 15.6. The van der Waals surface area contributed by atoms with Crippen LogP contribution >= 0.6 is 11.3 Å². The fraction of sp³-hybridized carbons (Fsp3) is 0.400. The molecule has 3 heterocycles. The van der Waals surface area contributed by atoms with E-state index in [9.17, 15) is 0 Å². The van der Waals surface area contributed by atoms with Crippen LogP contribution in [0.25, 0.3) is 5.69 Å². The van der Waals surface area contributed by atoms with Gasteiger partial charge in [0, 0.05) is 38.1 Å². The summed E-state index contributed by atoms with van der Waals surface area (Å²) in [7, 11) is 0. The van der Waals surface area contributed by atoms with Crippen molar-refractivity contribution >= 4 is 17.0 Å². The van der Waals surface area contributed by atoms with Crippen LogP contribution in [0.1, 0.15) is 22.1 Å². The highest BCUT2D eigenvalue weighted by molar-refractivity contribution is 7.09. The highest BCUT2D eigenvalue weighted by Crippen LogP contribution is 2.28. The van der Waals surface area contributed by atoms with Crippen LogP contribution in [0, 0.1) is 20.8 Å². The maximum Gasteiger partial charge on any atom is 0.0897 e. The van der Waals surface area contributed by atoms with Crippen LogP contribution in [0.3, 0.4) is 0 Å². The van der Waals surface area contributed by atoms with Crippen molar-refractivity contribution in [3.63, 3.8) is 0 Å². The summed E-state index contributed by atoms with van der Waals surface area (Å²) < 4.78 is 2.06. The first-order valence-corrected chi connectivity index (χ1v) is 10.00. The average molecular weight is 368 g/mol. The van der Waals surface area contributed by atoms with E-state index in [1.807, 2.05) is 6.07 Å². The van der Waals surface area contributed by atoms with E-state index in [1.54, 1.807) is 11.3 Å². The number of hydrogen-bond donors (Lipinski definition) is 0. The minimum absolute atomic E-state index is 0.958. The smallest absolute Gasteiger partial charge is 0.0897 e. The van der Waals surface area contributed by atoms with Crippen molar-refractivity contribution in [3.05, 3.63) is 57.8 Å². The van der Waals surface area contributed by atoms with Crippen LogP contribution in [0.4, 0.5) is 5.69 Å². The summed E-state index contributed by atoms with van der Waals surface area (Å²) in [4.78, 5) is 9.58. The summed E-state index contributed by atoms with van der Waals surface area (Å²) in [6.45, 7) is 11.5. The van der Waals surface area contributed by atoms with E-state index in [2.05, 4.69) is 69.9 Å². The van der Waals surface area contributed by atoms with Crippen LogP contribution in [0.2, 0.25) is 0 Å². The second-order valence-corrected chi connectivity index (χ2v) is 7.95. The predicted molar refractivity (Wildman–Crippen MR) is 107 cm³/mol. The maximum absolute atomic E-state index is 4.80. The van der Waals surface area contributed by atoms with Gasteiger partial charge in [0.25, 0.3) is 0 Å². The first-order chi connectivity index (χ1) is 12.6. The molecule has 5 nitrogen and oxygen atoms in total. The number of piperazine rings is 1. The highest BCUT2D eigenvalue weighted by atomic mass is 32.1. The van der Waals surface area contributed by atoms with E-state index in [4.69, 9.17) is 5.10 Å². The lowest BCUT2D eigenvalue weighted by Gasteiger charge is -2.35. The Hall–Kier alpha value is -2.18. The fourth-order valence-corrected chi connectivity index (χ4v) is 4.36. The molecule has 0 spiro atoms. The van der Waals surface area contributed by atoms with Crippen LogP contribution in [0.5, 0.6) is 0 Å². The molecule has 0 atom stereocenters. The van der Waals surface area contributed by atoms with E-state index in [1.165, 1.54) is 17.1 Å². The summed E-state index contributed by atoms with van der Waals surface area (Å²) in [6, 6.07) is 10.4. The number of rotatable bonds is 4. The first-order valence-electron chi connectivity index (χ1n) is 9.12. The van der Waals surface area contributed by atoms with E-state index in [0.717, 1.165) is 49.1 Å². The second-order valence-electron chi connectivity index (χ2n) is 6.89. The van der Waals surface area contributed by atoms with Crippen molar-refractivity contribution in [2.75, 3.05) is 31.1 Å². The molecule has 0 saturated carbocycles. The largest absolute Gasteiger partial charge is 0.366 e. The molecular formula is C20H25N5S. The fourth-order valence-electron chi connectivity index (χ4n) is 3.75. The third kappa shape index (κ3) is 3.39. The number of aromatic nitrogens is 3. The summed E-state index contributed by atoms with van der Waals surface area (Å²) in [6.07, 6.45) is 0. The molecule has 26 heavy (non-hydrogen) atoms. The summed E-state index contributed by atoms with van der Waals surface area (Å²) >= 11 is 1.74. The monoisotopic (exact) mass is 367 g/mol. The van der Waals surface area contributed by atoms with E-state index in [-0.39, 0.29) is 0 Å². The maximum atomic E-state index is 4.80. The normalized spacial score (nSPS) is 15.6. The van der Waals surface area contributed by atoms with Gasteiger partial charge in [0.15, 0.2) is 0 Å². The molecule has 4 rings (SSSR count). The van der Waals surface area contributed by atoms with Gasteiger partial charge in [-0.2, -0.15) is 5.10 Å². The molecule has 1 saturated heterocycles. The van der Waals surface area contributed by atoms with Crippen LogP contribution in [0.15, 0.2) is 35.7 Å². The molecule has 0 aliphatic carbocycles. The molecule has 2 aromatic heterocycles. The second kappa shape index (κ2) is 7.21. The lowest BCUT2D eigenvalue weighted by atomic mass is 10.2. The minimum atomic E-state index is 0.958. The Bertz CT molecular complexity index is 875. The van der Waals surface area contributed by atoms with Crippen molar-refractivity contribution in [1.82, 2.24) is 19.7 Å². The molecule has 6 heteroatoms. The van der Waals surface area contributed by atoms with Crippen molar-refractivity contribution in [3.8, 4) is 5.69 Å². The Morgan fingerprint density at radius 1 is 1.00 bits per heavy atom. The van der Waals surface area contributed by atoms with Crippen LogP contribution < -0.4 is 4.90 Å². The van der Waals surface area contributed by atoms with Crippen molar-refractivity contribution in [1.29, 1.82) is 0 Å². The zero-order valence-corrected chi connectivity index (χ0v) is 16.5. The molecule has 1 aliphatic rings. The van der Waals surface area contributed by atoms with E-state index in [0.29, 0.717) is 0 Å². The topological polar surface area (TPSA) is 37.2 Å². The van der Waals surface area contributed by atoms with Gasteiger partial charge in [-0.05, 0) is 32.9 Å². The number of benzene rings is 1. The number of anilines is 1. The van der Waals surface area contributed by atoms with Gasteiger partial charge < -0.3 is 4.90 Å². The molecule has 0 bridgehead atoms. The average Bonchev–Trinajstić information content (AvgIpc) is 3.19. The molecule has 0 unspecified atom stereocenters. The Kier molecular flexibility index (Phi) is 4.78. The third-order valence-electron chi connectivity index (χ3n) is 4.99.